The van der Waals surface area contributed by atoms with Crippen LogP contribution in [0.5, 0.6) is 0 Å². The van der Waals surface area contributed by atoms with Crippen LogP contribution in [-0.4, -0.2) is 42.9 Å². The van der Waals surface area contributed by atoms with Crippen molar-refractivity contribution in [1.29, 1.82) is 0 Å². The van der Waals surface area contributed by atoms with Crippen LogP contribution < -0.4 is 21.3 Å². The highest BCUT2D eigenvalue weighted by Crippen LogP contribution is 2.26. The maximum atomic E-state index is 11.6. The zero-order valence-corrected chi connectivity index (χ0v) is 15.8. The number of carbonyl (C=O) groups is 1. The van der Waals surface area contributed by atoms with E-state index in [-0.39, 0.29) is 6.17 Å². The van der Waals surface area contributed by atoms with Crippen molar-refractivity contribution in [3.8, 4) is 0 Å². The number of rotatable bonds is 5. The van der Waals surface area contributed by atoms with Crippen LogP contribution in [0.1, 0.15) is 39.0 Å². The minimum Gasteiger partial charge on any atom is -0.369 e. The van der Waals surface area contributed by atoms with E-state index in [1.165, 1.54) is 24.9 Å². The van der Waals surface area contributed by atoms with Gasteiger partial charge >= 0.3 is 0 Å². The molecule has 4 N–H and O–H groups in total. The van der Waals surface area contributed by atoms with Gasteiger partial charge in [-0.15, -0.1) is 0 Å². The molecule has 4 rings (SSSR count). The number of nitrogens with one attached hydrogen (secondary N) is 2. The first kappa shape index (κ1) is 18.0. The highest BCUT2D eigenvalue weighted by Gasteiger charge is 2.33. The molecule has 7 heteroatoms. The molecule has 1 aromatic rings. The summed E-state index contributed by atoms with van der Waals surface area (Å²) in [4.78, 5) is 23.0. The second kappa shape index (κ2) is 7.68. The fourth-order valence-corrected chi connectivity index (χ4v) is 3.75. The standard InChI is InChI=1S/C20H28N6O/c1-13-4-2-3-11-26(13)16-9-7-15(8-10-16)24-20-22-12-17(18(21)27)19(25-20)23-14-5-6-14/h7-10,12-14,17,19,23H,2-6,11H2,1H3,(H2,21,27)(H,24,25). The number of carbonyl (C=O) groups excluding carboxylic acids is 1. The van der Waals surface area contributed by atoms with Gasteiger partial charge in [0.15, 0.2) is 0 Å². The molecule has 0 radical (unpaired) electrons. The second-order valence-electron chi connectivity index (χ2n) is 7.75. The van der Waals surface area contributed by atoms with E-state index in [2.05, 4.69) is 56.7 Å². The lowest BCUT2D eigenvalue weighted by Gasteiger charge is -2.35. The van der Waals surface area contributed by atoms with Gasteiger partial charge in [-0.1, -0.05) is 0 Å². The number of primary amides is 1. The summed E-state index contributed by atoms with van der Waals surface area (Å²) in [5.41, 5.74) is 7.67. The van der Waals surface area contributed by atoms with Crippen LogP contribution in [0.15, 0.2) is 34.3 Å². The SMILES string of the molecule is CC1CCCCN1c1ccc(NC2=NC(NC3CC3)C(C(N)=O)C=N2)cc1. The Morgan fingerprint density at radius 2 is 1.96 bits per heavy atom. The number of amides is 1. The van der Waals surface area contributed by atoms with Crippen LogP contribution in [0.2, 0.25) is 0 Å². The van der Waals surface area contributed by atoms with Gasteiger partial charge in [0.25, 0.3) is 0 Å². The van der Waals surface area contributed by atoms with Gasteiger partial charge in [-0.25, -0.2) is 9.98 Å². The van der Waals surface area contributed by atoms with Gasteiger partial charge < -0.3 is 16.0 Å². The van der Waals surface area contributed by atoms with E-state index in [0.717, 1.165) is 25.1 Å². The molecule has 1 saturated carbocycles. The lowest BCUT2D eigenvalue weighted by molar-refractivity contribution is -0.120. The van der Waals surface area contributed by atoms with Gasteiger partial charge in [0.1, 0.15) is 12.1 Å². The molecular weight excluding hydrogens is 340 g/mol. The molecule has 1 amide bonds. The smallest absolute Gasteiger partial charge is 0.229 e. The molecule has 2 fully saturated rings. The van der Waals surface area contributed by atoms with Crippen molar-refractivity contribution in [2.24, 2.45) is 21.6 Å². The molecular formula is C20H28N6O. The van der Waals surface area contributed by atoms with Crippen LogP contribution in [0.25, 0.3) is 0 Å². The molecule has 3 aliphatic rings. The van der Waals surface area contributed by atoms with E-state index in [1.807, 2.05) is 0 Å². The van der Waals surface area contributed by atoms with Gasteiger partial charge in [0.05, 0.1) is 0 Å². The Labute approximate surface area is 160 Å². The molecule has 27 heavy (non-hydrogen) atoms. The molecule has 3 unspecified atom stereocenters. The van der Waals surface area contributed by atoms with Crippen molar-refractivity contribution in [3.63, 3.8) is 0 Å². The summed E-state index contributed by atoms with van der Waals surface area (Å²) in [5, 5.41) is 6.62. The van der Waals surface area contributed by atoms with Crippen molar-refractivity contribution in [2.45, 2.75) is 57.3 Å². The second-order valence-corrected chi connectivity index (χ2v) is 7.75. The lowest BCUT2D eigenvalue weighted by atomic mass is 10.0. The summed E-state index contributed by atoms with van der Waals surface area (Å²) in [7, 11) is 0. The Hall–Kier alpha value is -2.41. The number of piperidine rings is 1. The van der Waals surface area contributed by atoms with E-state index in [4.69, 9.17) is 5.73 Å². The number of hydrogen-bond acceptors (Lipinski definition) is 6. The molecule has 0 spiro atoms. The molecule has 1 aromatic carbocycles. The molecule has 7 nitrogen and oxygen atoms in total. The van der Waals surface area contributed by atoms with Crippen molar-refractivity contribution in [2.75, 3.05) is 16.8 Å². The average molecular weight is 368 g/mol. The summed E-state index contributed by atoms with van der Waals surface area (Å²) in [5.74, 6) is -0.399. The first-order chi connectivity index (χ1) is 13.1. The van der Waals surface area contributed by atoms with Crippen LogP contribution >= 0.6 is 0 Å². The summed E-state index contributed by atoms with van der Waals surface area (Å²) in [6, 6.07) is 9.41. The largest absolute Gasteiger partial charge is 0.369 e. The van der Waals surface area contributed by atoms with Crippen LogP contribution in [0.3, 0.4) is 0 Å². The van der Waals surface area contributed by atoms with E-state index in [1.54, 1.807) is 6.21 Å². The van der Waals surface area contributed by atoms with Crippen LogP contribution in [0, 0.1) is 5.92 Å². The normalized spacial score (nSPS) is 28.0. The molecule has 3 atom stereocenters. The van der Waals surface area contributed by atoms with Gasteiger partial charge in [-0.2, -0.15) is 0 Å². The number of benzene rings is 1. The molecule has 144 valence electrons. The van der Waals surface area contributed by atoms with Gasteiger partial charge in [-0.3, -0.25) is 10.1 Å². The molecule has 1 aliphatic carbocycles. The van der Waals surface area contributed by atoms with Crippen molar-refractivity contribution < 1.29 is 4.79 Å². The minimum absolute atomic E-state index is 0.344. The Morgan fingerprint density at radius 1 is 1.19 bits per heavy atom. The maximum Gasteiger partial charge on any atom is 0.229 e. The summed E-state index contributed by atoms with van der Waals surface area (Å²) in [6.45, 7) is 3.41. The molecule has 0 aromatic heterocycles. The Bertz CT molecular complexity index is 739. The van der Waals surface area contributed by atoms with E-state index in [9.17, 15) is 4.79 Å². The van der Waals surface area contributed by atoms with Gasteiger partial charge in [0.2, 0.25) is 11.9 Å². The third kappa shape index (κ3) is 4.30. The number of hydrogen-bond donors (Lipinski definition) is 3. The fourth-order valence-electron chi connectivity index (χ4n) is 3.75. The monoisotopic (exact) mass is 368 g/mol. The number of guanidine groups is 1. The van der Waals surface area contributed by atoms with Crippen LogP contribution in [-0.2, 0) is 4.79 Å². The molecule has 0 bridgehead atoms. The minimum atomic E-state index is -0.501. The van der Waals surface area contributed by atoms with E-state index in [0.29, 0.717) is 18.0 Å². The number of aliphatic imine (C=N–C) groups is 2. The molecule has 2 aliphatic heterocycles. The Morgan fingerprint density at radius 3 is 2.63 bits per heavy atom. The average Bonchev–Trinajstić information content (AvgIpc) is 3.47. The lowest BCUT2D eigenvalue weighted by Crippen LogP contribution is -2.46. The van der Waals surface area contributed by atoms with Gasteiger partial charge in [0, 0.05) is 36.2 Å². The van der Waals surface area contributed by atoms with Crippen molar-refractivity contribution in [3.05, 3.63) is 24.3 Å². The number of anilines is 2. The third-order valence-corrected chi connectivity index (χ3v) is 5.53. The van der Waals surface area contributed by atoms with Gasteiger partial charge in [-0.05, 0) is 63.3 Å². The van der Waals surface area contributed by atoms with Crippen molar-refractivity contribution in [1.82, 2.24) is 5.32 Å². The summed E-state index contributed by atoms with van der Waals surface area (Å²) in [6.07, 6.45) is 7.32. The number of nitrogens with two attached hydrogens (primary N) is 1. The first-order valence-electron chi connectivity index (χ1n) is 9.91. The van der Waals surface area contributed by atoms with E-state index >= 15 is 0 Å². The van der Waals surface area contributed by atoms with Crippen LogP contribution in [0.4, 0.5) is 11.4 Å². The zero-order chi connectivity index (χ0) is 18.8. The summed E-state index contributed by atoms with van der Waals surface area (Å²) < 4.78 is 0. The maximum absolute atomic E-state index is 11.6. The zero-order valence-electron chi connectivity index (χ0n) is 15.8. The fraction of sp³-hybridized carbons (Fsp3) is 0.550. The van der Waals surface area contributed by atoms with E-state index < -0.39 is 11.8 Å². The molecule has 1 saturated heterocycles. The Balaban J connectivity index is 1.43. The molecule has 2 heterocycles. The Kier molecular flexibility index (Phi) is 5.11. The topological polar surface area (TPSA) is 95.1 Å². The first-order valence-corrected chi connectivity index (χ1v) is 9.91. The number of nitrogens with zero attached hydrogens (tertiary/aromatic N) is 3. The summed E-state index contributed by atoms with van der Waals surface area (Å²) >= 11 is 0. The predicted molar refractivity (Wildman–Crippen MR) is 109 cm³/mol. The quantitative estimate of drug-likeness (QED) is 0.742. The highest BCUT2D eigenvalue weighted by molar-refractivity contribution is 6.05. The predicted octanol–water partition coefficient (Wildman–Crippen LogP) is 2.10. The third-order valence-electron chi connectivity index (χ3n) is 5.53. The van der Waals surface area contributed by atoms with Crippen molar-refractivity contribution >= 4 is 29.5 Å². The highest BCUT2D eigenvalue weighted by atomic mass is 16.1.